The maximum absolute atomic E-state index is 13.1. The Morgan fingerprint density at radius 1 is 1.42 bits per heavy atom. The van der Waals surface area contributed by atoms with Gasteiger partial charge in [-0.25, -0.2) is 17.9 Å². The van der Waals surface area contributed by atoms with Crippen molar-refractivity contribution in [3.63, 3.8) is 0 Å². The summed E-state index contributed by atoms with van der Waals surface area (Å²) in [5.74, 6) is -2.26. The number of hydrogen-bond donors (Lipinski definition) is 2. The summed E-state index contributed by atoms with van der Waals surface area (Å²) in [4.78, 5) is 21.2. The molecule has 1 aromatic rings. The van der Waals surface area contributed by atoms with Crippen molar-refractivity contribution in [2.24, 2.45) is 5.14 Å². The van der Waals surface area contributed by atoms with Crippen molar-refractivity contribution in [3.8, 4) is 0 Å². The summed E-state index contributed by atoms with van der Waals surface area (Å²) in [5.41, 5.74) is -0.849. The Bertz CT molecular complexity index is 616. The van der Waals surface area contributed by atoms with Gasteiger partial charge < -0.3 is 5.32 Å². The van der Waals surface area contributed by atoms with Gasteiger partial charge in [-0.1, -0.05) is 0 Å². The lowest BCUT2D eigenvalue weighted by Crippen LogP contribution is -2.31. The second-order valence-electron chi connectivity index (χ2n) is 3.58. The van der Waals surface area contributed by atoms with Gasteiger partial charge in [0.15, 0.2) is 0 Å². The molecule has 1 aromatic carbocycles. The average molecular weight is 291 g/mol. The van der Waals surface area contributed by atoms with Gasteiger partial charge in [0.1, 0.15) is 5.82 Å². The molecule has 10 heteroatoms. The van der Waals surface area contributed by atoms with Crippen LogP contribution < -0.4 is 10.5 Å². The summed E-state index contributed by atoms with van der Waals surface area (Å²) in [7, 11) is -3.73. The molecule has 3 N–H and O–H groups in total. The molecule has 0 radical (unpaired) electrons. The molecule has 1 amide bonds. The van der Waals surface area contributed by atoms with Gasteiger partial charge in [-0.15, -0.1) is 0 Å². The molecular formula is C9H10FN3O5S. The maximum Gasteiger partial charge on any atom is 0.273 e. The molecule has 104 valence electrons. The van der Waals surface area contributed by atoms with E-state index in [1.165, 1.54) is 0 Å². The van der Waals surface area contributed by atoms with Crippen LogP contribution in [0, 0.1) is 15.9 Å². The molecule has 0 spiro atoms. The van der Waals surface area contributed by atoms with Gasteiger partial charge in [0, 0.05) is 18.2 Å². The fourth-order valence-electron chi connectivity index (χ4n) is 1.22. The highest BCUT2D eigenvalue weighted by Crippen LogP contribution is 2.16. The predicted molar refractivity (Wildman–Crippen MR) is 63.4 cm³/mol. The Morgan fingerprint density at radius 3 is 2.58 bits per heavy atom. The number of nitrogens with one attached hydrogen (secondary N) is 1. The zero-order valence-corrected chi connectivity index (χ0v) is 10.3. The van der Waals surface area contributed by atoms with E-state index >= 15 is 0 Å². The van der Waals surface area contributed by atoms with E-state index in [0.717, 1.165) is 12.1 Å². The minimum absolute atomic E-state index is 0.276. The first kappa shape index (κ1) is 15.0. The fraction of sp³-hybridized carbons (Fsp3) is 0.222. The van der Waals surface area contributed by atoms with Gasteiger partial charge in [0.05, 0.1) is 16.7 Å². The largest absolute Gasteiger partial charge is 0.351 e. The predicted octanol–water partition coefficient (Wildman–Crippen LogP) is -0.248. The monoisotopic (exact) mass is 291 g/mol. The number of nitro benzene ring substituents is 1. The van der Waals surface area contributed by atoms with Gasteiger partial charge in [-0.05, 0) is 6.07 Å². The molecule has 0 saturated heterocycles. The van der Waals surface area contributed by atoms with Crippen molar-refractivity contribution < 1.29 is 22.5 Å². The van der Waals surface area contributed by atoms with Gasteiger partial charge >= 0.3 is 0 Å². The fourth-order valence-corrected chi connectivity index (χ4v) is 1.61. The van der Waals surface area contributed by atoms with Crippen LogP contribution in [-0.4, -0.2) is 31.5 Å². The molecule has 8 nitrogen and oxygen atoms in total. The van der Waals surface area contributed by atoms with Crippen LogP contribution in [-0.2, 0) is 10.0 Å². The molecule has 1 rings (SSSR count). The molecule has 0 atom stereocenters. The highest BCUT2D eigenvalue weighted by molar-refractivity contribution is 7.89. The Hall–Kier alpha value is -2.07. The molecular weight excluding hydrogens is 281 g/mol. The highest BCUT2D eigenvalue weighted by atomic mass is 32.2. The van der Waals surface area contributed by atoms with Crippen molar-refractivity contribution in [1.29, 1.82) is 0 Å². The summed E-state index contributed by atoms with van der Waals surface area (Å²) in [6, 6.07) is 2.36. The third-order valence-corrected chi connectivity index (χ3v) is 2.80. The van der Waals surface area contributed by atoms with Crippen molar-refractivity contribution in [2.75, 3.05) is 12.3 Å². The van der Waals surface area contributed by atoms with E-state index in [1.54, 1.807) is 0 Å². The van der Waals surface area contributed by atoms with Crippen LogP contribution in [0.1, 0.15) is 10.4 Å². The van der Waals surface area contributed by atoms with Crippen LogP contribution in [0.2, 0.25) is 0 Å². The number of sulfonamides is 1. The van der Waals surface area contributed by atoms with E-state index in [-0.39, 0.29) is 12.1 Å². The summed E-state index contributed by atoms with van der Waals surface area (Å²) in [6.07, 6.45) is 0. The number of nitrogens with two attached hydrogens (primary N) is 1. The second kappa shape index (κ2) is 5.71. The molecule has 0 fully saturated rings. The van der Waals surface area contributed by atoms with Crippen molar-refractivity contribution in [3.05, 3.63) is 39.7 Å². The lowest BCUT2D eigenvalue weighted by Gasteiger charge is -2.04. The summed E-state index contributed by atoms with van der Waals surface area (Å²) >= 11 is 0. The van der Waals surface area contributed by atoms with Crippen LogP contribution >= 0.6 is 0 Å². The van der Waals surface area contributed by atoms with Crippen LogP contribution in [0.25, 0.3) is 0 Å². The van der Waals surface area contributed by atoms with Gasteiger partial charge in [-0.3, -0.25) is 14.9 Å². The Labute approximate surface area is 107 Å². The number of nitro groups is 1. The molecule has 0 unspecified atom stereocenters. The van der Waals surface area contributed by atoms with Gasteiger partial charge in [-0.2, -0.15) is 0 Å². The number of carbonyl (C=O) groups is 1. The quantitative estimate of drug-likeness (QED) is 0.570. The van der Waals surface area contributed by atoms with Crippen LogP contribution in [0.5, 0.6) is 0 Å². The highest BCUT2D eigenvalue weighted by Gasteiger charge is 2.14. The van der Waals surface area contributed by atoms with E-state index in [4.69, 9.17) is 5.14 Å². The van der Waals surface area contributed by atoms with E-state index < -0.39 is 38.1 Å². The topological polar surface area (TPSA) is 132 Å². The Balaban J connectivity index is 2.80. The first-order valence-electron chi connectivity index (χ1n) is 4.93. The molecule has 0 aliphatic carbocycles. The SMILES string of the molecule is NS(=O)(=O)CCNC(=O)c1cc(F)cc([N+](=O)[O-])c1. The minimum Gasteiger partial charge on any atom is -0.351 e. The first-order valence-corrected chi connectivity index (χ1v) is 6.64. The minimum atomic E-state index is -3.73. The summed E-state index contributed by atoms with van der Waals surface area (Å²) in [6.45, 7) is -0.276. The number of primary sulfonamides is 1. The molecule has 0 aliphatic rings. The van der Waals surface area contributed by atoms with E-state index in [1.807, 2.05) is 0 Å². The molecule has 19 heavy (non-hydrogen) atoms. The number of amides is 1. The zero-order chi connectivity index (χ0) is 14.6. The number of carbonyl (C=O) groups excluding carboxylic acids is 1. The van der Waals surface area contributed by atoms with Crippen LogP contribution in [0.4, 0.5) is 10.1 Å². The van der Waals surface area contributed by atoms with Crippen molar-refractivity contribution in [1.82, 2.24) is 5.32 Å². The van der Waals surface area contributed by atoms with Gasteiger partial charge in [0.2, 0.25) is 10.0 Å². The number of hydrogen-bond acceptors (Lipinski definition) is 5. The third-order valence-electron chi connectivity index (χ3n) is 2.03. The summed E-state index contributed by atoms with van der Waals surface area (Å²) < 4.78 is 34.3. The Morgan fingerprint density at radius 2 is 2.05 bits per heavy atom. The van der Waals surface area contributed by atoms with Crippen molar-refractivity contribution >= 4 is 21.6 Å². The van der Waals surface area contributed by atoms with E-state index in [2.05, 4.69) is 5.32 Å². The lowest BCUT2D eigenvalue weighted by atomic mass is 10.2. The molecule has 0 aliphatic heterocycles. The smallest absolute Gasteiger partial charge is 0.273 e. The standard InChI is InChI=1S/C9H10FN3O5S/c10-7-3-6(4-8(5-7)13(15)16)9(14)12-1-2-19(11,17)18/h3-5H,1-2H2,(H,12,14)(H2,11,17,18). The van der Waals surface area contributed by atoms with Gasteiger partial charge in [0.25, 0.3) is 11.6 Å². The average Bonchev–Trinajstić information content (AvgIpc) is 2.26. The number of non-ortho nitro benzene ring substituents is 1. The molecule has 0 bridgehead atoms. The maximum atomic E-state index is 13.1. The lowest BCUT2D eigenvalue weighted by molar-refractivity contribution is -0.385. The summed E-state index contributed by atoms with van der Waals surface area (Å²) in [5, 5.41) is 17.4. The van der Waals surface area contributed by atoms with Crippen LogP contribution in [0.3, 0.4) is 0 Å². The number of rotatable bonds is 5. The molecule has 0 saturated carbocycles. The van der Waals surface area contributed by atoms with E-state index in [0.29, 0.717) is 6.07 Å². The molecule has 0 heterocycles. The van der Waals surface area contributed by atoms with Crippen molar-refractivity contribution in [2.45, 2.75) is 0 Å². The van der Waals surface area contributed by atoms with Crippen LogP contribution in [0.15, 0.2) is 18.2 Å². The number of halogens is 1. The Kier molecular flexibility index (Phi) is 4.51. The second-order valence-corrected chi connectivity index (χ2v) is 5.31. The zero-order valence-electron chi connectivity index (χ0n) is 9.50. The first-order chi connectivity index (χ1) is 8.69. The number of nitrogens with zero attached hydrogens (tertiary/aromatic N) is 1. The third kappa shape index (κ3) is 4.97. The van der Waals surface area contributed by atoms with E-state index in [9.17, 15) is 27.7 Å². The number of benzene rings is 1. The molecule has 0 aromatic heterocycles. The normalized spacial score (nSPS) is 11.1.